The van der Waals surface area contributed by atoms with Gasteiger partial charge in [-0.2, -0.15) is 10.2 Å². The van der Waals surface area contributed by atoms with Crippen LogP contribution in [0.1, 0.15) is 16.1 Å². The third-order valence-electron chi connectivity index (χ3n) is 3.53. The van der Waals surface area contributed by atoms with Crippen molar-refractivity contribution >= 4 is 52.5 Å². The lowest BCUT2D eigenvalue weighted by molar-refractivity contribution is -0.137. The highest BCUT2D eigenvalue weighted by Gasteiger charge is 2.17. The summed E-state index contributed by atoms with van der Waals surface area (Å²) in [4.78, 5) is 23.2. The molecule has 140 valence electrons. The molecule has 0 unspecified atom stereocenters. The number of amides is 1. The highest BCUT2D eigenvalue weighted by Crippen LogP contribution is 2.24. The second-order valence-electron chi connectivity index (χ2n) is 5.48. The molecule has 3 rings (SSSR count). The number of carboxylic acids is 1. The van der Waals surface area contributed by atoms with E-state index in [4.69, 9.17) is 39.9 Å². The standard InChI is InChI=1S/C16H12Cl3N5O3/c17-10-2-1-9(11(18)5-10)6-23-7-12(19)15(22-23)21-16(27)13-3-4-20-24(13)8-14(25)26/h1-5,7H,6,8H2,(H,25,26)(H,21,22,27). The molecule has 3 aromatic rings. The second-order valence-corrected chi connectivity index (χ2v) is 6.73. The van der Waals surface area contributed by atoms with Crippen LogP contribution in [0.25, 0.3) is 0 Å². The quantitative estimate of drug-likeness (QED) is 0.626. The fraction of sp³-hybridized carbons (Fsp3) is 0.125. The highest BCUT2D eigenvalue weighted by molar-refractivity contribution is 6.35. The van der Waals surface area contributed by atoms with Crippen molar-refractivity contribution < 1.29 is 14.7 Å². The van der Waals surface area contributed by atoms with Crippen molar-refractivity contribution in [1.82, 2.24) is 19.6 Å². The van der Waals surface area contributed by atoms with Gasteiger partial charge in [0, 0.05) is 22.4 Å². The van der Waals surface area contributed by atoms with Crippen LogP contribution in [-0.4, -0.2) is 36.5 Å². The van der Waals surface area contributed by atoms with E-state index in [1.54, 1.807) is 18.2 Å². The Morgan fingerprint density at radius 1 is 1.15 bits per heavy atom. The molecule has 0 fully saturated rings. The smallest absolute Gasteiger partial charge is 0.325 e. The summed E-state index contributed by atoms with van der Waals surface area (Å²) in [5.74, 6) is -1.56. The molecule has 0 saturated heterocycles. The molecule has 27 heavy (non-hydrogen) atoms. The fourth-order valence-electron chi connectivity index (χ4n) is 2.34. The van der Waals surface area contributed by atoms with Crippen molar-refractivity contribution in [1.29, 1.82) is 0 Å². The Kier molecular flexibility index (Phi) is 5.69. The number of rotatable bonds is 6. The predicted octanol–water partition coefficient (Wildman–Crippen LogP) is 3.43. The number of carbonyl (C=O) groups is 2. The van der Waals surface area contributed by atoms with Crippen LogP contribution < -0.4 is 5.32 Å². The number of anilines is 1. The van der Waals surface area contributed by atoms with Gasteiger partial charge < -0.3 is 10.4 Å². The van der Waals surface area contributed by atoms with E-state index in [-0.39, 0.29) is 16.5 Å². The summed E-state index contributed by atoms with van der Waals surface area (Å²) in [5, 5.41) is 20.7. The van der Waals surface area contributed by atoms with Gasteiger partial charge >= 0.3 is 5.97 Å². The third kappa shape index (κ3) is 4.60. The third-order valence-corrected chi connectivity index (χ3v) is 4.39. The zero-order chi connectivity index (χ0) is 19.6. The molecule has 8 nitrogen and oxygen atoms in total. The Labute approximate surface area is 168 Å². The lowest BCUT2D eigenvalue weighted by Crippen LogP contribution is -2.21. The lowest BCUT2D eigenvalue weighted by Gasteiger charge is -2.06. The Balaban J connectivity index is 1.76. The maximum absolute atomic E-state index is 12.4. The molecule has 0 radical (unpaired) electrons. The number of benzene rings is 1. The van der Waals surface area contributed by atoms with Crippen LogP contribution in [-0.2, 0) is 17.9 Å². The van der Waals surface area contributed by atoms with Gasteiger partial charge in [-0.1, -0.05) is 40.9 Å². The van der Waals surface area contributed by atoms with Gasteiger partial charge in [0.1, 0.15) is 17.3 Å². The molecular formula is C16H12Cl3N5O3. The number of carbonyl (C=O) groups excluding carboxylic acids is 1. The number of hydrogen-bond donors (Lipinski definition) is 2. The predicted molar refractivity (Wildman–Crippen MR) is 101 cm³/mol. The van der Waals surface area contributed by atoms with Gasteiger partial charge in [-0.3, -0.25) is 14.3 Å². The molecule has 2 N–H and O–H groups in total. The van der Waals surface area contributed by atoms with Crippen molar-refractivity contribution in [3.8, 4) is 0 Å². The summed E-state index contributed by atoms with van der Waals surface area (Å²) in [6.45, 7) is -0.116. The average Bonchev–Trinajstić information content (AvgIpc) is 3.16. The minimum absolute atomic E-state index is 0.0729. The van der Waals surface area contributed by atoms with Gasteiger partial charge in [0.25, 0.3) is 5.91 Å². The molecular weight excluding hydrogens is 417 g/mol. The van der Waals surface area contributed by atoms with E-state index in [0.717, 1.165) is 10.2 Å². The summed E-state index contributed by atoms with van der Waals surface area (Å²) in [7, 11) is 0. The van der Waals surface area contributed by atoms with Crippen LogP contribution in [0, 0.1) is 0 Å². The van der Waals surface area contributed by atoms with Crippen molar-refractivity contribution in [3.05, 3.63) is 63.0 Å². The molecule has 11 heteroatoms. The minimum atomic E-state index is -1.12. The van der Waals surface area contributed by atoms with Crippen LogP contribution in [0.3, 0.4) is 0 Å². The Morgan fingerprint density at radius 3 is 2.63 bits per heavy atom. The number of carboxylic acid groups (broad SMARTS) is 1. The number of hydrogen-bond acceptors (Lipinski definition) is 4. The van der Waals surface area contributed by atoms with Gasteiger partial charge in [-0.15, -0.1) is 0 Å². The minimum Gasteiger partial charge on any atom is -0.480 e. The van der Waals surface area contributed by atoms with Crippen LogP contribution in [0.5, 0.6) is 0 Å². The summed E-state index contributed by atoms with van der Waals surface area (Å²) in [6.07, 6.45) is 2.87. The molecule has 2 heterocycles. The molecule has 1 amide bonds. The van der Waals surface area contributed by atoms with Crippen LogP contribution in [0.2, 0.25) is 15.1 Å². The molecule has 0 saturated carbocycles. The van der Waals surface area contributed by atoms with Crippen LogP contribution >= 0.6 is 34.8 Å². The first-order valence-electron chi connectivity index (χ1n) is 7.55. The first kappa shape index (κ1) is 19.2. The number of aromatic nitrogens is 4. The van der Waals surface area contributed by atoms with E-state index < -0.39 is 18.4 Å². The molecule has 0 aliphatic heterocycles. The zero-order valence-corrected chi connectivity index (χ0v) is 15.8. The van der Waals surface area contributed by atoms with E-state index in [0.29, 0.717) is 16.6 Å². The number of nitrogens with one attached hydrogen (secondary N) is 1. The summed E-state index contributed by atoms with van der Waals surface area (Å²) >= 11 is 18.2. The van der Waals surface area contributed by atoms with E-state index in [1.165, 1.54) is 23.1 Å². The summed E-state index contributed by atoms with van der Waals surface area (Å²) < 4.78 is 2.58. The van der Waals surface area contributed by atoms with Gasteiger partial charge in [-0.05, 0) is 23.8 Å². The normalized spacial score (nSPS) is 10.8. The van der Waals surface area contributed by atoms with Crippen LogP contribution in [0.4, 0.5) is 5.82 Å². The maximum Gasteiger partial charge on any atom is 0.325 e. The van der Waals surface area contributed by atoms with Crippen molar-refractivity contribution in [2.75, 3.05) is 5.32 Å². The molecule has 1 aromatic carbocycles. The van der Waals surface area contributed by atoms with E-state index in [2.05, 4.69) is 15.5 Å². The second kappa shape index (κ2) is 7.99. The van der Waals surface area contributed by atoms with Crippen molar-refractivity contribution in [2.45, 2.75) is 13.1 Å². The van der Waals surface area contributed by atoms with E-state index in [1.807, 2.05) is 0 Å². The van der Waals surface area contributed by atoms with Crippen molar-refractivity contribution in [2.24, 2.45) is 0 Å². The zero-order valence-electron chi connectivity index (χ0n) is 13.6. The topological polar surface area (TPSA) is 102 Å². The van der Waals surface area contributed by atoms with E-state index in [9.17, 15) is 9.59 Å². The molecule has 0 bridgehead atoms. The fourth-order valence-corrected chi connectivity index (χ4v) is 3.00. The lowest BCUT2D eigenvalue weighted by atomic mass is 10.2. The summed E-state index contributed by atoms with van der Waals surface area (Å²) in [5.41, 5.74) is 0.849. The molecule has 0 atom stereocenters. The Hall–Kier alpha value is -2.55. The molecule has 2 aromatic heterocycles. The summed E-state index contributed by atoms with van der Waals surface area (Å²) in [6, 6.07) is 6.50. The van der Waals surface area contributed by atoms with Crippen LogP contribution in [0.15, 0.2) is 36.7 Å². The van der Waals surface area contributed by atoms with Gasteiger partial charge in [-0.25, -0.2) is 4.68 Å². The average molecular weight is 429 g/mol. The van der Waals surface area contributed by atoms with Gasteiger partial charge in [0.15, 0.2) is 5.82 Å². The first-order chi connectivity index (χ1) is 12.8. The van der Waals surface area contributed by atoms with Gasteiger partial charge in [0.05, 0.1) is 6.54 Å². The number of halogens is 3. The molecule has 0 aliphatic rings. The van der Waals surface area contributed by atoms with Crippen molar-refractivity contribution in [3.63, 3.8) is 0 Å². The first-order valence-corrected chi connectivity index (χ1v) is 8.68. The SMILES string of the molecule is O=C(O)Cn1nccc1C(=O)Nc1nn(Cc2ccc(Cl)cc2Cl)cc1Cl. The largest absolute Gasteiger partial charge is 0.480 e. The monoisotopic (exact) mass is 427 g/mol. The molecule has 0 spiro atoms. The highest BCUT2D eigenvalue weighted by atomic mass is 35.5. The number of aliphatic carboxylic acids is 1. The number of nitrogens with zero attached hydrogens (tertiary/aromatic N) is 4. The maximum atomic E-state index is 12.4. The molecule has 0 aliphatic carbocycles. The Bertz CT molecular complexity index is 1010. The van der Waals surface area contributed by atoms with Gasteiger partial charge in [0.2, 0.25) is 0 Å². The Morgan fingerprint density at radius 2 is 1.93 bits per heavy atom. The van der Waals surface area contributed by atoms with E-state index >= 15 is 0 Å².